The van der Waals surface area contributed by atoms with Gasteiger partial charge in [-0.05, 0) is 11.6 Å². The Morgan fingerprint density at radius 3 is 2.80 bits per heavy atom. The van der Waals surface area contributed by atoms with Gasteiger partial charge in [0.15, 0.2) is 11.6 Å². The Bertz CT molecular complexity index is 531. The van der Waals surface area contributed by atoms with Crippen molar-refractivity contribution >= 4 is 10.9 Å². The van der Waals surface area contributed by atoms with E-state index in [1.165, 1.54) is 12.1 Å². The third-order valence-corrected chi connectivity index (χ3v) is 2.89. The molecule has 3 rings (SSSR count). The van der Waals surface area contributed by atoms with Crippen molar-refractivity contribution in [2.24, 2.45) is 0 Å². The highest BCUT2D eigenvalue weighted by Crippen LogP contribution is 2.26. The molecule has 2 nitrogen and oxygen atoms in total. The molecule has 0 amide bonds. The maximum absolute atomic E-state index is 13.1. The van der Waals surface area contributed by atoms with Crippen LogP contribution in [0.3, 0.4) is 0 Å². The first-order valence-electron chi connectivity index (χ1n) is 4.95. The molecule has 0 saturated carbocycles. The smallest absolute Gasteiger partial charge is 0.160 e. The fraction of sp³-hybridized carbons (Fsp3) is 0.273. The topological polar surface area (TPSA) is 27.8 Å². The van der Waals surface area contributed by atoms with Gasteiger partial charge in [-0.1, -0.05) is 0 Å². The molecular weight excluding hydrogens is 198 g/mol. The van der Waals surface area contributed by atoms with E-state index in [4.69, 9.17) is 0 Å². The van der Waals surface area contributed by atoms with E-state index in [2.05, 4.69) is 10.3 Å². The Kier molecular flexibility index (Phi) is 1.79. The lowest BCUT2D eigenvalue weighted by Crippen LogP contribution is -2.22. The normalized spacial score (nSPS) is 15.6. The van der Waals surface area contributed by atoms with Gasteiger partial charge in [0.1, 0.15) is 0 Å². The first kappa shape index (κ1) is 8.85. The van der Waals surface area contributed by atoms with E-state index in [1.54, 1.807) is 0 Å². The molecule has 1 aliphatic rings. The van der Waals surface area contributed by atoms with E-state index < -0.39 is 11.6 Å². The maximum atomic E-state index is 13.1. The molecule has 2 heterocycles. The lowest BCUT2D eigenvalue weighted by atomic mass is 10.1. The summed E-state index contributed by atoms with van der Waals surface area (Å²) in [6.45, 7) is 1.63. The molecule has 0 atom stereocenters. The van der Waals surface area contributed by atoms with E-state index in [0.29, 0.717) is 5.52 Å². The Balaban J connectivity index is 2.33. The second-order valence-electron chi connectivity index (χ2n) is 3.82. The van der Waals surface area contributed by atoms with Gasteiger partial charge in [-0.3, -0.25) is 0 Å². The van der Waals surface area contributed by atoms with Gasteiger partial charge in [-0.25, -0.2) is 8.78 Å². The largest absolute Gasteiger partial charge is 0.358 e. The van der Waals surface area contributed by atoms with Gasteiger partial charge in [-0.15, -0.1) is 0 Å². The molecule has 15 heavy (non-hydrogen) atoms. The van der Waals surface area contributed by atoms with Crippen molar-refractivity contribution < 1.29 is 8.78 Å². The van der Waals surface area contributed by atoms with Crippen LogP contribution in [0.4, 0.5) is 8.78 Å². The molecular formula is C11H10F2N2. The van der Waals surface area contributed by atoms with Crippen LogP contribution >= 0.6 is 0 Å². The molecule has 0 unspecified atom stereocenters. The van der Waals surface area contributed by atoms with Crippen molar-refractivity contribution in [1.82, 2.24) is 10.3 Å². The van der Waals surface area contributed by atoms with E-state index in [1.807, 2.05) is 0 Å². The summed E-state index contributed by atoms with van der Waals surface area (Å²) in [5, 5.41) is 4.01. The van der Waals surface area contributed by atoms with Crippen LogP contribution in [0.1, 0.15) is 11.3 Å². The predicted octanol–water partition coefficient (Wildman–Crippen LogP) is 2.09. The Hall–Kier alpha value is -1.42. The molecule has 2 aromatic rings. The molecule has 2 N–H and O–H groups in total. The average molecular weight is 208 g/mol. The highest BCUT2D eigenvalue weighted by atomic mass is 19.2. The SMILES string of the molecule is Fc1cc2[nH]c3c(c2cc1F)CNCC3. The molecule has 0 saturated heterocycles. The number of H-pyrrole nitrogens is 1. The van der Waals surface area contributed by atoms with Crippen LogP contribution in [-0.4, -0.2) is 11.5 Å². The van der Waals surface area contributed by atoms with E-state index in [0.717, 1.165) is 36.2 Å². The lowest BCUT2D eigenvalue weighted by Gasteiger charge is -2.12. The maximum Gasteiger partial charge on any atom is 0.160 e. The second kappa shape index (κ2) is 3.03. The minimum Gasteiger partial charge on any atom is -0.358 e. The van der Waals surface area contributed by atoms with Crippen molar-refractivity contribution in [2.75, 3.05) is 6.54 Å². The summed E-state index contributed by atoms with van der Waals surface area (Å²) in [6.07, 6.45) is 0.882. The van der Waals surface area contributed by atoms with Crippen molar-refractivity contribution in [3.63, 3.8) is 0 Å². The van der Waals surface area contributed by atoms with Crippen molar-refractivity contribution in [3.8, 4) is 0 Å². The number of halogens is 2. The third kappa shape index (κ3) is 1.25. The summed E-state index contributed by atoms with van der Waals surface area (Å²) in [6, 6.07) is 2.50. The standard InChI is InChI=1S/C11H10F2N2/c12-8-3-6-7-5-14-2-1-10(7)15-11(6)4-9(8)13/h3-4,14-15H,1-2,5H2. The van der Waals surface area contributed by atoms with Crippen LogP contribution < -0.4 is 5.32 Å². The van der Waals surface area contributed by atoms with E-state index in [9.17, 15) is 8.78 Å². The summed E-state index contributed by atoms with van der Waals surface area (Å²) < 4.78 is 26.1. The number of hydrogen-bond donors (Lipinski definition) is 2. The molecule has 0 radical (unpaired) electrons. The summed E-state index contributed by atoms with van der Waals surface area (Å²) in [4.78, 5) is 3.14. The van der Waals surface area contributed by atoms with Crippen LogP contribution in [0.25, 0.3) is 10.9 Å². The summed E-state index contributed by atoms with van der Waals surface area (Å²) in [7, 11) is 0. The predicted molar refractivity (Wildman–Crippen MR) is 53.6 cm³/mol. The summed E-state index contributed by atoms with van der Waals surface area (Å²) in [5.74, 6) is -1.58. The molecule has 1 aromatic heterocycles. The van der Waals surface area contributed by atoms with Gasteiger partial charge in [0, 0.05) is 42.2 Å². The minimum atomic E-state index is -0.797. The minimum absolute atomic E-state index is 0.683. The Labute approximate surface area is 85.3 Å². The van der Waals surface area contributed by atoms with Crippen LogP contribution in [0, 0.1) is 11.6 Å². The molecule has 0 bridgehead atoms. The first-order valence-corrected chi connectivity index (χ1v) is 4.95. The van der Waals surface area contributed by atoms with Crippen LogP contribution in [0.15, 0.2) is 12.1 Å². The molecule has 0 aliphatic carbocycles. The number of nitrogens with one attached hydrogen (secondary N) is 2. The van der Waals surface area contributed by atoms with E-state index >= 15 is 0 Å². The average Bonchev–Trinajstić information content (AvgIpc) is 2.57. The number of rotatable bonds is 0. The van der Waals surface area contributed by atoms with Gasteiger partial charge >= 0.3 is 0 Å². The molecule has 0 spiro atoms. The third-order valence-electron chi connectivity index (χ3n) is 2.89. The highest BCUT2D eigenvalue weighted by Gasteiger charge is 2.16. The molecule has 0 fully saturated rings. The fourth-order valence-corrected chi connectivity index (χ4v) is 2.14. The Morgan fingerprint density at radius 1 is 1.13 bits per heavy atom. The van der Waals surface area contributed by atoms with Crippen molar-refractivity contribution in [1.29, 1.82) is 0 Å². The fourth-order valence-electron chi connectivity index (χ4n) is 2.14. The molecule has 78 valence electrons. The quantitative estimate of drug-likeness (QED) is 0.681. The number of fused-ring (bicyclic) bond motifs is 3. The zero-order chi connectivity index (χ0) is 10.4. The molecule has 1 aromatic carbocycles. The number of benzene rings is 1. The zero-order valence-corrected chi connectivity index (χ0v) is 8.03. The monoisotopic (exact) mass is 208 g/mol. The van der Waals surface area contributed by atoms with Gasteiger partial charge in [0.2, 0.25) is 0 Å². The lowest BCUT2D eigenvalue weighted by molar-refractivity contribution is 0.510. The van der Waals surface area contributed by atoms with Crippen molar-refractivity contribution in [2.45, 2.75) is 13.0 Å². The summed E-state index contributed by atoms with van der Waals surface area (Å²) in [5.41, 5.74) is 2.84. The van der Waals surface area contributed by atoms with Gasteiger partial charge < -0.3 is 10.3 Å². The summed E-state index contributed by atoms with van der Waals surface area (Å²) >= 11 is 0. The molecule has 1 aliphatic heterocycles. The van der Waals surface area contributed by atoms with Gasteiger partial charge in [0.05, 0.1) is 0 Å². The zero-order valence-electron chi connectivity index (χ0n) is 8.03. The number of aromatic nitrogens is 1. The second-order valence-corrected chi connectivity index (χ2v) is 3.82. The van der Waals surface area contributed by atoms with Crippen LogP contribution in [0.2, 0.25) is 0 Å². The number of hydrogen-bond acceptors (Lipinski definition) is 1. The highest BCUT2D eigenvalue weighted by molar-refractivity contribution is 5.85. The Morgan fingerprint density at radius 2 is 1.93 bits per heavy atom. The van der Waals surface area contributed by atoms with Crippen LogP contribution in [0.5, 0.6) is 0 Å². The van der Waals surface area contributed by atoms with Crippen LogP contribution in [-0.2, 0) is 13.0 Å². The molecule has 4 heteroatoms. The van der Waals surface area contributed by atoms with E-state index in [-0.39, 0.29) is 0 Å². The van der Waals surface area contributed by atoms with Gasteiger partial charge in [-0.2, -0.15) is 0 Å². The first-order chi connectivity index (χ1) is 7.25. The number of aromatic amines is 1. The van der Waals surface area contributed by atoms with Gasteiger partial charge in [0.25, 0.3) is 0 Å². The van der Waals surface area contributed by atoms with Crippen molar-refractivity contribution in [3.05, 3.63) is 35.0 Å².